The maximum Gasteiger partial charge on any atom is 0.416 e. The lowest BCUT2D eigenvalue weighted by Crippen LogP contribution is -2.54. The van der Waals surface area contributed by atoms with Gasteiger partial charge in [-0.3, -0.25) is 14.4 Å². The number of alkyl halides is 3. The van der Waals surface area contributed by atoms with Crippen molar-refractivity contribution in [1.29, 1.82) is 0 Å². The first kappa shape index (κ1) is 23.8. The van der Waals surface area contributed by atoms with E-state index >= 15 is 0 Å². The van der Waals surface area contributed by atoms with Crippen molar-refractivity contribution >= 4 is 17.7 Å². The number of amides is 3. The summed E-state index contributed by atoms with van der Waals surface area (Å²) in [5.74, 6) is -1.34. The highest BCUT2D eigenvalue weighted by Gasteiger charge is 2.33. The van der Waals surface area contributed by atoms with Gasteiger partial charge in [-0.05, 0) is 44.9 Å². The highest BCUT2D eigenvalue weighted by atomic mass is 19.4. The van der Waals surface area contributed by atoms with Crippen molar-refractivity contribution in [2.24, 2.45) is 0 Å². The van der Waals surface area contributed by atoms with Crippen molar-refractivity contribution in [3.8, 4) is 5.69 Å². The Morgan fingerprint density at radius 3 is 2.32 bits per heavy atom. The van der Waals surface area contributed by atoms with E-state index in [1.807, 2.05) is 0 Å². The zero-order valence-corrected chi connectivity index (χ0v) is 19.0. The molecular weight excluding hydrogens is 451 g/mol. The highest BCUT2D eigenvalue weighted by Crippen LogP contribution is 2.31. The Morgan fingerprint density at radius 1 is 1.06 bits per heavy atom. The van der Waals surface area contributed by atoms with Crippen LogP contribution in [0.1, 0.15) is 35.4 Å². The van der Waals surface area contributed by atoms with Crippen molar-refractivity contribution in [2.75, 3.05) is 26.2 Å². The van der Waals surface area contributed by atoms with E-state index < -0.39 is 23.6 Å². The summed E-state index contributed by atoms with van der Waals surface area (Å²) >= 11 is 0. The molecule has 1 aromatic carbocycles. The fourth-order valence-corrected chi connectivity index (χ4v) is 4.04. The third kappa shape index (κ3) is 5.07. The molecule has 4 rings (SSSR count). The number of aromatic nitrogens is 2. The summed E-state index contributed by atoms with van der Waals surface area (Å²) in [5, 5.41) is 7.04. The highest BCUT2D eigenvalue weighted by molar-refractivity contribution is 6.35. The van der Waals surface area contributed by atoms with E-state index in [9.17, 15) is 27.6 Å². The molecule has 1 aliphatic heterocycles. The second kappa shape index (κ2) is 9.11. The number of carbonyl (C=O) groups excluding carboxylic acids is 3. The standard InChI is InChI=1S/C23H26F3N5O3/c1-14-19(15(2)31(28-14)18-5-3-4-16(12-18)23(24,25)26)13-20(32)29-8-10-30(11-9-29)22(34)21(33)27-17-6-7-17/h3-5,12,17H,6-11,13H2,1-2H3,(H,27,33). The fourth-order valence-electron chi connectivity index (χ4n) is 4.04. The van der Waals surface area contributed by atoms with Gasteiger partial charge in [0, 0.05) is 43.5 Å². The maximum absolute atomic E-state index is 13.1. The zero-order valence-electron chi connectivity index (χ0n) is 19.0. The van der Waals surface area contributed by atoms with Gasteiger partial charge in [-0.25, -0.2) is 4.68 Å². The van der Waals surface area contributed by atoms with Crippen LogP contribution in [0.4, 0.5) is 13.2 Å². The Morgan fingerprint density at radius 2 is 1.71 bits per heavy atom. The molecule has 8 nitrogen and oxygen atoms in total. The first-order chi connectivity index (χ1) is 16.0. The fraction of sp³-hybridized carbons (Fsp3) is 0.478. The van der Waals surface area contributed by atoms with E-state index in [2.05, 4.69) is 10.4 Å². The molecule has 11 heteroatoms. The van der Waals surface area contributed by atoms with Crippen LogP contribution in [-0.4, -0.2) is 69.5 Å². The molecule has 2 aliphatic rings. The quantitative estimate of drug-likeness (QED) is 0.683. The number of nitrogens with zero attached hydrogens (tertiary/aromatic N) is 4. The molecule has 1 aromatic heterocycles. The van der Waals surface area contributed by atoms with Crippen LogP contribution in [0.5, 0.6) is 0 Å². The van der Waals surface area contributed by atoms with Crippen LogP contribution in [-0.2, 0) is 27.0 Å². The van der Waals surface area contributed by atoms with E-state index in [4.69, 9.17) is 0 Å². The molecule has 34 heavy (non-hydrogen) atoms. The largest absolute Gasteiger partial charge is 0.416 e. The second-order valence-corrected chi connectivity index (χ2v) is 8.71. The minimum Gasteiger partial charge on any atom is -0.345 e. The van der Waals surface area contributed by atoms with E-state index in [1.165, 1.54) is 21.7 Å². The van der Waals surface area contributed by atoms with Crippen LogP contribution >= 0.6 is 0 Å². The summed E-state index contributed by atoms with van der Waals surface area (Å²) in [6, 6.07) is 4.99. The van der Waals surface area contributed by atoms with Gasteiger partial charge in [0.1, 0.15) is 0 Å². The normalized spacial score (nSPS) is 16.5. The van der Waals surface area contributed by atoms with Crippen LogP contribution in [0.3, 0.4) is 0 Å². The van der Waals surface area contributed by atoms with E-state index in [-0.39, 0.29) is 37.1 Å². The molecule has 0 unspecified atom stereocenters. The summed E-state index contributed by atoms with van der Waals surface area (Å²) in [4.78, 5) is 40.2. The predicted octanol–water partition coefficient (Wildman–Crippen LogP) is 2.00. The molecule has 1 N–H and O–H groups in total. The number of halogens is 3. The van der Waals surface area contributed by atoms with Crippen LogP contribution < -0.4 is 5.32 Å². The van der Waals surface area contributed by atoms with E-state index in [1.54, 1.807) is 18.7 Å². The molecule has 0 radical (unpaired) electrons. The number of aryl methyl sites for hydroxylation is 1. The first-order valence-electron chi connectivity index (χ1n) is 11.1. The Bertz CT molecular complexity index is 1120. The van der Waals surface area contributed by atoms with E-state index in [0.717, 1.165) is 25.0 Å². The van der Waals surface area contributed by atoms with E-state index in [0.29, 0.717) is 30.0 Å². The van der Waals surface area contributed by atoms with Gasteiger partial charge in [-0.1, -0.05) is 6.07 Å². The topological polar surface area (TPSA) is 87.5 Å². The summed E-state index contributed by atoms with van der Waals surface area (Å²) in [7, 11) is 0. The smallest absolute Gasteiger partial charge is 0.345 e. The third-order valence-corrected chi connectivity index (χ3v) is 6.21. The Balaban J connectivity index is 1.40. The molecule has 2 fully saturated rings. The van der Waals surface area contributed by atoms with Crippen molar-refractivity contribution in [1.82, 2.24) is 24.9 Å². The zero-order chi connectivity index (χ0) is 24.6. The third-order valence-electron chi connectivity index (χ3n) is 6.21. The number of hydrogen-bond acceptors (Lipinski definition) is 4. The van der Waals surface area contributed by atoms with Gasteiger partial charge < -0.3 is 15.1 Å². The van der Waals surface area contributed by atoms with Gasteiger partial charge >= 0.3 is 18.0 Å². The van der Waals surface area contributed by atoms with Crippen molar-refractivity contribution in [2.45, 2.75) is 45.3 Å². The van der Waals surface area contributed by atoms with Gasteiger partial charge in [-0.2, -0.15) is 18.3 Å². The number of rotatable bonds is 4. The number of benzene rings is 1. The number of nitrogens with one attached hydrogen (secondary N) is 1. The molecule has 2 aromatic rings. The Kier molecular flexibility index (Phi) is 6.37. The molecule has 2 heterocycles. The Labute approximate surface area is 194 Å². The van der Waals surface area contributed by atoms with Gasteiger partial charge in [0.2, 0.25) is 5.91 Å². The number of carbonyl (C=O) groups is 3. The SMILES string of the molecule is Cc1nn(-c2cccc(C(F)(F)F)c2)c(C)c1CC(=O)N1CCN(C(=O)C(=O)NC2CC2)CC1. The molecule has 0 spiro atoms. The van der Waals surface area contributed by atoms with Crippen molar-refractivity contribution < 1.29 is 27.6 Å². The molecular formula is C23H26F3N5O3. The number of hydrogen-bond donors (Lipinski definition) is 1. The minimum atomic E-state index is -4.47. The maximum atomic E-state index is 13.1. The molecule has 3 amide bonds. The second-order valence-electron chi connectivity index (χ2n) is 8.71. The van der Waals surface area contributed by atoms with Gasteiger partial charge in [0.05, 0.1) is 23.4 Å². The molecule has 182 valence electrons. The van der Waals surface area contributed by atoms with Crippen LogP contribution in [0.15, 0.2) is 24.3 Å². The summed E-state index contributed by atoms with van der Waals surface area (Å²) in [6.45, 7) is 4.59. The lowest BCUT2D eigenvalue weighted by molar-refractivity contribution is -0.148. The molecule has 1 saturated carbocycles. The summed E-state index contributed by atoms with van der Waals surface area (Å²) in [5.41, 5.74) is 1.31. The van der Waals surface area contributed by atoms with Crippen molar-refractivity contribution in [3.05, 3.63) is 46.8 Å². The van der Waals surface area contributed by atoms with Crippen molar-refractivity contribution in [3.63, 3.8) is 0 Å². The number of piperazine rings is 1. The van der Waals surface area contributed by atoms with Gasteiger partial charge in [0.15, 0.2) is 0 Å². The summed E-state index contributed by atoms with van der Waals surface area (Å²) in [6.07, 6.45) is -2.63. The first-order valence-corrected chi connectivity index (χ1v) is 11.1. The van der Waals surface area contributed by atoms with Gasteiger partial charge in [0.25, 0.3) is 0 Å². The van der Waals surface area contributed by atoms with Gasteiger partial charge in [-0.15, -0.1) is 0 Å². The lowest BCUT2D eigenvalue weighted by atomic mass is 10.1. The van der Waals surface area contributed by atoms with Crippen LogP contribution in [0, 0.1) is 13.8 Å². The minimum absolute atomic E-state index is 0.0484. The predicted molar refractivity (Wildman–Crippen MR) is 116 cm³/mol. The Hall–Kier alpha value is -3.37. The summed E-state index contributed by atoms with van der Waals surface area (Å²) < 4.78 is 40.7. The molecule has 0 atom stereocenters. The molecule has 0 bridgehead atoms. The molecule has 1 saturated heterocycles. The van der Waals surface area contributed by atoms with Crippen LogP contribution in [0.25, 0.3) is 5.69 Å². The average Bonchev–Trinajstić information content (AvgIpc) is 3.58. The van der Waals surface area contributed by atoms with Crippen LogP contribution in [0.2, 0.25) is 0 Å². The molecule has 1 aliphatic carbocycles. The monoisotopic (exact) mass is 477 g/mol. The lowest BCUT2D eigenvalue weighted by Gasteiger charge is -2.34. The average molecular weight is 477 g/mol.